The van der Waals surface area contributed by atoms with E-state index in [1.54, 1.807) is 4.88 Å². The maximum Gasteiger partial charge on any atom is 0.00452 e. The number of unbranched alkanes of at least 4 members (excludes halogenated alkanes) is 9. The van der Waals surface area contributed by atoms with Crippen LogP contribution in [0.5, 0.6) is 0 Å². The molecule has 0 saturated heterocycles. The fourth-order valence-corrected chi connectivity index (χ4v) is 4.27. The Bertz CT molecular complexity index is 293. The van der Waals surface area contributed by atoms with Crippen molar-refractivity contribution < 1.29 is 0 Å². The van der Waals surface area contributed by atoms with Crippen LogP contribution in [0.25, 0.3) is 0 Å². The van der Waals surface area contributed by atoms with E-state index in [2.05, 4.69) is 36.2 Å². The maximum absolute atomic E-state index is 2.27. The molecule has 0 nitrogen and oxygen atoms in total. The van der Waals surface area contributed by atoms with Crippen LogP contribution in [0.1, 0.15) is 82.4 Å². The summed E-state index contributed by atoms with van der Waals surface area (Å²) in [5.41, 5.74) is 0. The third kappa shape index (κ3) is 12.3. The summed E-state index contributed by atoms with van der Waals surface area (Å²) in [6.07, 6.45) is 17.1. The molecule has 1 aromatic heterocycles. The predicted octanol–water partition coefficient (Wildman–Crippen LogP) is 7.33. The van der Waals surface area contributed by atoms with E-state index in [0.29, 0.717) is 0 Å². The summed E-state index contributed by atoms with van der Waals surface area (Å²) in [6.45, 7) is 2.27. The minimum absolute atomic E-state index is 1.30. The van der Waals surface area contributed by atoms with Crippen molar-refractivity contribution in [3.05, 3.63) is 22.4 Å². The zero-order valence-corrected chi connectivity index (χ0v) is 15.6. The van der Waals surface area contributed by atoms with Gasteiger partial charge in [-0.25, -0.2) is 0 Å². The van der Waals surface area contributed by atoms with Gasteiger partial charge in [0.15, 0.2) is 0 Å². The Morgan fingerprint density at radius 3 is 2.00 bits per heavy atom. The predicted molar refractivity (Wildman–Crippen MR) is 102 cm³/mol. The van der Waals surface area contributed by atoms with Gasteiger partial charge in [0, 0.05) is 4.88 Å². The van der Waals surface area contributed by atoms with Crippen LogP contribution in [0.3, 0.4) is 0 Å². The summed E-state index contributed by atoms with van der Waals surface area (Å²) in [5.74, 6) is 2.74. The van der Waals surface area contributed by atoms with Crippen molar-refractivity contribution in [1.82, 2.24) is 0 Å². The Hall–Kier alpha value is 0.0500. The molecule has 1 aromatic rings. The highest BCUT2D eigenvalue weighted by Gasteiger charge is 1.95. The lowest BCUT2D eigenvalue weighted by molar-refractivity contribution is 0.557. The molecule has 0 aliphatic carbocycles. The Kier molecular flexibility index (Phi) is 13.6. The summed E-state index contributed by atoms with van der Waals surface area (Å²) >= 11 is 4.04. The van der Waals surface area contributed by atoms with E-state index >= 15 is 0 Å². The zero-order valence-electron chi connectivity index (χ0n) is 13.9. The standard InChI is InChI=1S/C19H34S2/c1-2-16-20-17-12-10-8-6-4-3-5-7-9-11-14-19-15-13-18-21-19/h13,15,18H,2-12,14,16-17H2,1H3. The fourth-order valence-electron chi connectivity index (χ4n) is 2.62. The Morgan fingerprint density at radius 2 is 1.43 bits per heavy atom. The molecule has 0 bridgehead atoms. The molecule has 0 spiro atoms. The van der Waals surface area contributed by atoms with Gasteiger partial charge in [0.25, 0.3) is 0 Å². The topological polar surface area (TPSA) is 0 Å². The van der Waals surface area contributed by atoms with E-state index in [0.717, 1.165) is 0 Å². The molecule has 0 N–H and O–H groups in total. The second kappa shape index (κ2) is 15.0. The van der Waals surface area contributed by atoms with Crippen molar-refractivity contribution in [1.29, 1.82) is 0 Å². The van der Waals surface area contributed by atoms with E-state index < -0.39 is 0 Å². The molecule has 0 aliphatic rings. The maximum atomic E-state index is 2.27. The first-order valence-electron chi connectivity index (χ1n) is 9.03. The van der Waals surface area contributed by atoms with Gasteiger partial charge >= 0.3 is 0 Å². The fraction of sp³-hybridized carbons (Fsp3) is 0.789. The van der Waals surface area contributed by atoms with Gasteiger partial charge in [0.05, 0.1) is 0 Å². The molecule has 0 radical (unpaired) electrons. The summed E-state index contributed by atoms with van der Waals surface area (Å²) < 4.78 is 0. The lowest BCUT2D eigenvalue weighted by Gasteiger charge is -2.03. The molecule has 1 heterocycles. The first kappa shape index (κ1) is 19.1. The minimum Gasteiger partial charge on any atom is -0.162 e. The van der Waals surface area contributed by atoms with Crippen molar-refractivity contribution in [2.45, 2.75) is 84.0 Å². The van der Waals surface area contributed by atoms with Gasteiger partial charge in [-0.05, 0) is 48.6 Å². The monoisotopic (exact) mass is 326 g/mol. The van der Waals surface area contributed by atoms with Crippen LogP contribution in [0, 0.1) is 0 Å². The zero-order chi connectivity index (χ0) is 15.0. The molecule has 0 atom stereocenters. The van der Waals surface area contributed by atoms with E-state index in [4.69, 9.17) is 0 Å². The van der Waals surface area contributed by atoms with Crippen LogP contribution in [-0.4, -0.2) is 11.5 Å². The highest BCUT2D eigenvalue weighted by Crippen LogP contribution is 2.15. The van der Waals surface area contributed by atoms with Crippen LogP contribution in [0.4, 0.5) is 0 Å². The second-order valence-corrected chi connectivity index (χ2v) is 8.23. The average Bonchev–Trinajstić information content (AvgIpc) is 3.01. The number of hydrogen-bond donors (Lipinski definition) is 0. The van der Waals surface area contributed by atoms with Crippen molar-refractivity contribution in [3.8, 4) is 0 Å². The largest absolute Gasteiger partial charge is 0.162 e. The summed E-state index contributed by atoms with van der Waals surface area (Å²) in [4.78, 5) is 1.56. The van der Waals surface area contributed by atoms with Gasteiger partial charge in [-0.2, -0.15) is 11.8 Å². The van der Waals surface area contributed by atoms with Crippen molar-refractivity contribution in [2.75, 3.05) is 11.5 Å². The summed E-state index contributed by atoms with van der Waals surface area (Å²) in [5, 5.41) is 2.19. The highest BCUT2D eigenvalue weighted by molar-refractivity contribution is 7.99. The Labute approximate surface area is 141 Å². The lowest BCUT2D eigenvalue weighted by Crippen LogP contribution is -1.85. The Balaban J connectivity index is 1.69. The summed E-state index contributed by atoms with van der Waals surface area (Å²) in [6, 6.07) is 4.44. The lowest BCUT2D eigenvalue weighted by atomic mass is 10.1. The first-order chi connectivity index (χ1) is 10.4. The van der Waals surface area contributed by atoms with E-state index in [1.807, 2.05) is 11.3 Å². The SMILES string of the molecule is CCCSCCCCCCCCCCCCc1cccs1. The van der Waals surface area contributed by atoms with E-state index in [-0.39, 0.29) is 0 Å². The molecule has 0 saturated carbocycles. The third-order valence-corrected chi connectivity index (χ3v) is 6.10. The number of hydrogen-bond acceptors (Lipinski definition) is 2. The van der Waals surface area contributed by atoms with Gasteiger partial charge in [-0.3, -0.25) is 0 Å². The first-order valence-corrected chi connectivity index (χ1v) is 11.1. The normalized spacial score (nSPS) is 11.1. The van der Waals surface area contributed by atoms with Crippen LogP contribution < -0.4 is 0 Å². The number of aryl methyl sites for hydroxylation is 1. The number of rotatable bonds is 15. The van der Waals surface area contributed by atoms with Crippen molar-refractivity contribution in [2.24, 2.45) is 0 Å². The quantitative estimate of drug-likeness (QED) is 0.304. The van der Waals surface area contributed by atoms with Gasteiger partial charge in [-0.1, -0.05) is 64.4 Å². The van der Waals surface area contributed by atoms with Gasteiger partial charge in [-0.15, -0.1) is 11.3 Å². The van der Waals surface area contributed by atoms with E-state index in [9.17, 15) is 0 Å². The molecule has 0 amide bonds. The van der Waals surface area contributed by atoms with Crippen LogP contribution in [-0.2, 0) is 6.42 Å². The van der Waals surface area contributed by atoms with Crippen LogP contribution in [0.15, 0.2) is 17.5 Å². The molecule has 21 heavy (non-hydrogen) atoms. The van der Waals surface area contributed by atoms with Crippen LogP contribution >= 0.6 is 23.1 Å². The second-order valence-electron chi connectivity index (χ2n) is 5.98. The molecule has 0 aliphatic heterocycles. The van der Waals surface area contributed by atoms with Gasteiger partial charge in [0.2, 0.25) is 0 Å². The summed E-state index contributed by atoms with van der Waals surface area (Å²) in [7, 11) is 0. The van der Waals surface area contributed by atoms with Gasteiger partial charge < -0.3 is 0 Å². The van der Waals surface area contributed by atoms with Gasteiger partial charge in [0.1, 0.15) is 0 Å². The van der Waals surface area contributed by atoms with E-state index in [1.165, 1.54) is 88.6 Å². The smallest absolute Gasteiger partial charge is 0.00452 e. The molecule has 0 fully saturated rings. The van der Waals surface area contributed by atoms with Crippen molar-refractivity contribution in [3.63, 3.8) is 0 Å². The molecule has 2 heteroatoms. The molecule has 0 unspecified atom stereocenters. The van der Waals surface area contributed by atoms with Crippen LogP contribution in [0.2, 0.25) is 0 Å². The molecular formula is C19H34S2. The Morgan fingerprint density at radius 1 is 0.810 bits per heavy atom. The molecule has 122 valence electrons. The average molecular weight is 327 g/mol. The number of thioether (sulfide) groups is 1. The minimum atomic E-state index is 1.30. The van der Waals surface area contributed by atoms with Crippen molar-refractivity contribution >= 4 is 23.1 Å². The molecule has 1 rings (SSSR count). The molecule has 0 aromatic carbocycles. The highest BCUT2D eigenvalue weighted by atomic mass is 32.2. The third-order valence-electron chi connectivity index (χ3n) is 3.89. The number of thiophene rings is 1. The molecular weight excluding hydrogens is 292 g/mol.